The Morgan fingerprint density at radius 3 is 1.54 bits per heavy atom. The monoisotopic (exact) mass is 783 g/mol. The first-order valence-corrected chi connectivity index (χ1v) is 21.2. The van der Waals surface area contributed by atoms with Crippen molar-refractivity contribution in [3.05, 3.63) is 222 Å². The minimum Gasteiger partial charge on any atom is -0.456 e. The summed E-state index contributed by atoms with van der Waals surface area (Å²) < 4.78 is 12.7. The Balaban J connectivity index is 1.07. The molecule has 3 nitrogen and oxygen atoms in total. The standard InChI is InChI=1S/C58H41NO2/c1-36-21-25-55-50(29-36)52-31-39(23-27-57(52)60-55)47(38-13-5-3-6-14-38)32-40-33-48-45-19-11-12-20-46(45)54(35-49(48)44-18-10-9-17-43(40)44)59(41-15-7-4-8-16-41)42-24-28-58-53(34-42)51-30-37(2)22-26-56(51)61-58/h3-31,33-35,47H,32H2,1-2H3. The maximum absolute atomic E-state index is 6.34. The van der Waals surface area contributed by atoms with E-state index >= 15 is 0 Å². The zero-order valence-corrected chi connectivity index (χ0v) is 34.0. The molecule has 1 unspecified atom stereocenters. The van der Waals surface area contributed by atoms with Gasteiger partial charge in [-0.2, -0.15) is 0 Å². The van der Waals surface area contributed by atoms with Crippen molar-refractivity contribution in [2.45, 2.75) is 26.2 Å². The summed E-state index contributed by atoms with van der Waals surface area (Å²) in [5, 5.41) is 12.0. The van der Waals surface area contributed by atoms with Gasteiger partial charge < -0.3 is 13.7 Å². The lowest BCUT2D eigenvalue weighted by atomic mass is 9.83. The molecule has 0 saturated carbocycles. The summed E-state index contributed by atoms with van der Waals surface area (Å²) in [6.07, 6.45) is 0.838. The molecular weight excluding hydrogens is 743 g/mol. The summed E-state index contributed by atoms with van der Waals surface area (Å²) in [5.41, 5.74) is 13.3. The predicted octanol–water partition coefficient (Wildman–Crippen LogP) is 16.4. The number of anilines is 3. The van der Waals surface area contributed by atoms with Crippen LogP contribution in [0.15, 0.2) is 203 Å². The SMILES string of the molecule is Cc1ccc2oc3ccc(C(Cc4cc5c6ccccc6c(N(c6ccccc6)c6ccc7oc8ccc(C)cc8c7c6)cc5c5ccccc45)c4ccccc4)cc3c2c1. The van der Waals surface area contributed by atoms with Crippen molar-refractivity contribution >= 4 is 93.3 Å². The number of hydrogen-bond acceptors (Lipinski definition) is 3. The first-order valence-electron chi connectivity index (χ1n) is 21.2. The van der Waals surface area contributed by atoms with Gasteiger partial charge in [0.05, 0.1) is 5.69 Å². The molecule has 1 atom stereocenters. The quantitative estimate of drug-likeness (QED) is 0.151. The van der Waals surface area contributed by atoms with Gasteiger partial charge in [0.15, 0.2) is 0 Å². The molecule has 61 heavy (non-hydrogen) atoms. The van der Waals surface area contributed by atoms with Gasteiger partial charge in [0.1, 0.15) is 22.3 Å². The number of furan rings is 2. The number of nitrogens with zero attached hydrogens (tertiary/aromatic N) is 1. The summed E-state index contributed by atoms with van der Waals surface area (Å²) in [5.74, 6) is 0.123. The highest BCUT2D eigenvalue weighted by atomic mass is 16.3. The Kier molecular flexibility index (Phi) is 8.11. The molecule has 10 aromatic carbocycles. The van der Waals surface area contributed by atoms with Gasteiger partial charge in [-0.05, 0) is 143 Å². The Hall–Kier alpha value is -7.62. The van der Waals surface area contributed by atoms with Crippen LogP contribution in [-0.2, 0) is 6.42 Å². The zero-order chi connectivity index (χ0) is 40.6. The Morgan fingerprint density at radius 2 is 0.869 bits per heavy atom. The van der Waals surface area contributed by atoms with E-state index in [1.54, 1.807) is 0 Å². The highest BCUT2D eigenvalue weighted by molar-refractivity contribution is 6.22. The van der Waals surface area contributed by atoms with Crippen molar-refractivity contribution in [2.75, 3.05) is 4.90 Å². The predicted molar refractivity (Wildman–Crippen MR) is 256 cm³/mol. The van der Waals surface area contributed by atoms with E-state index in [4.69, 9.17) is 8.83 Å². The summed E-state index contributed by atoms with van der Waals surface area (Å²) >= 11 is 0. The van der Waals surface area contributed by atoms with Crippen molar-refractivity contribution in [3.63, 3.8) is 0 Å². The average Bonchev–Trinajstić information content (AvgIpc) is 3.86. The van der Waals surface area contributed by atoms with Crippen LogP contribution in [0.4, 0.5) is 17.1 Å². The molecule has 0 spiro atoms. The molecule has 0 aliphatic carbocycles. The number of benzene rings is 10. The average molecular weight is 784 g/mol. The normalized spacial score (nSPS) is 12.4. The zero-order valence-electron chi connectivity index (χ0n) is 34.0. The van der Waals surface area contributed by atoms with Gasteiger partial charge in [-0.15, -0.1) is 0 Å². The van der Waals surface area contributed by atoms with E-state index in [0.717, 1.165) is 62.0 Å². The largest absolute Gasteiger partial charge is 0.456 e. The van der Waals surface area contributed by atoms with Gasteiger partial charge in [-0.1, -0.05) is 126 Å². The maximum Gasteiger partial charge on any atom is 0.135 e. The van der Waals surface area contributed by atoms with Crippen LogP contribution in [0.3, 0.4) is 0 Å². The molecule has 0 fully saturated rings. The van der Waals surface area contributed by atoms with Crippen LogP contribution in [0.1, 0.15) is 33.7 Å². The second-order valence-corrected chi connectivity index (χ2v) is 16.6. The van der Waals surface area contributed by atoms with Gasteiger partial charge in [-0.3, -0.25) is 0 Å². The fourth-order valence-electron chi connectivity index (χ4n) is 9.84. The van der Waals surface area contributed by atoms with Crippen LogP contribution in [0, 0.1) is 13.8 Å². The van der Waals surface area contributed by atoms with Crippen LogP contribution in [0.2, 0.25) is 0 Å². The smallest absolute Gasteiger partial charge is 0.135 e. The van der Waals surface area contributed by atoms with E-state index in [9.17, 15) is 0 Å². The highest BCUT2D eigenvalue weighted by Gasteiger charge is 2.23. The molecule has 0 saturated heterocycles. The molecule has 0 N–H and O–H groups in total. The van der Waals surface area contributed by atoms with Crippen LogP contribution < -0.4 is 4.90 Å². The molecule has 0 aliphatic rings. The maximum atomic E-state index is 6.34. The topological polar surface area (TPSA) is 29.5 Å². The molecular formula is C58H41NO2. The van der Waals surface area contributed by atoms with Crippen LogP contribution in [0.5, 0.6) is 0 Å². The van der Waals surface area contributed by atoms with E-state index < -0.39 is 0 Å². The summed E-state index contributed by atoms with van der Waals surface area (Å²) in [6, 6.07) is 70.9. The van der Waals surface area contributed by atoms with E-state index in [0.29, 0.717) is 0 Å². The van der Waals surface area contributed by atoms with E-state index in [1.165, 1.54) is 65.5 Å². The minimum atomic E-state index is 0.123. The fourth-order valence-corrected chi connectivity index (χ4v) is 9.84. The molecule has 12 rings (SSSR count). The molecule has 0 aliphatic heterocycles. The number of rotatable bonds is 7. The second kappa shape index (κ2) is 14.0. The van der Waals surface area contributed by atoms with Crippen molar-refractivity contribution in [1.29, 1.82) is 0 Å². The second-order valence-electron chi connectivity index (χ2n) is 16.6. The van der Waals surface area contributed by atoms with E-state index in [1.807, 2.05) is 0 Å². The van der Waals surface area contributed by atoms with Crippen molar-refractivity contribution in [3.8, 4) is 0 Å². The third-order valence-electron chi connectivity index (χ3n) is 12.7. The lowest BCUT2D eigenvalue weighted by Gasteiger charge is -2.28. The highest BCUT2D eigenvalue weighted by Crippen LogP contribution is 2.46. The van der Waals surface area contributed by atoms with Crippen LogP contribution >= 0.6 is 0 Å². The molecule has 12 aromatic rings. The van der Waals surface area contributed by atoms with E-state index in [2.05, 4.69) is 213 Å². The Labute approximate surface area is 353 Å². The Morgan fingerprint density at radius 1 is 0.361 bits per heavy atom. The number of aryl methyl sites for hydroxylation is 2. The number of hydrogen-bond donors (Lipinski definition) is 0. The molecule has 290 valence electrons. The summed E-state index contributed by atoms with van der Waals surface area (Å²) in [7, 11) is 0. The number of fused-ring (bicyclic) bond motifs is 11. The summed E-state index contributed by atoms with van der Waals surface area (Å²) in [6.45, 7) is 4.29. The number of para-hydroxylation sites is 1. The molecule has 0 amide bonds. The van der Waals surface area contributed by atoms with Gasteiger partial charge in [0.2, 0.25) is 0 Å². The van der Waals surface area contributed by atoms with Crippen molar-refractivity contribution in [2.24, 2.45) is 0 Å². The van der Waals surface area contributed by atoms with E-state index in [-0.39, 0.29) is 5.92 Å². The van der Waals surface area contributed by atoms with Crippen molar-refractivity contribution in [1.82, 2.24) is 0 Å². The van der Waals surface area contributed by atoms with Crippen LogP contribution in [-0.4, -0.2) is 0 Å². The Bertz CT molecular complexity index is 3650. The summed E-state index contributed by atoms with van der Waals surface area (Å²) in [4.78, 5) is 2.42. The first kappa shape index (κ1) is 35.3. The first-order chi connectivity index (χ1) is 30.0. The lowest BCUT2D eigenvalue weighted by Crippen LogP contribution is -2.10. The lowest BCUT2D eigenvalue weighted by molar-refractivity contribution is 0.668. The molecule has 2 heterocycles. The molecule has 3 heteroatoms. The minimum absolute atomic E-state index is 0.123. The van der Waals surface area contributed by atoms with Gasteiger partial charge >= 0.3 is 0 Å². The fraction of sp³-hybridized carbons (Fsp3) is 0.0690. The third-order valence-corrected chi connectivity index (χ3v) is 12.7. The van der Waals surface area contributed by atoms with Gasteiger partial charge in [0.25, 0.3) is 0 Å². The molecule has 0 radical (unpaired) electrons. The van der Waals surface area contributed by atoms with Crippen LogP contribution in [0.25, 0.3) is 76.2 Å². The van der Waals surface area contributed by atoms with Crippen molar-refractivity contribution < 1.29 is 8.83 Å². The third kappa shape index (κ3) is 5.88. The molecule has 2 aromatic heterocycles. The molecule has 0 bridgehead atoms. The van der Waals surface area contributed by atoms with Gasteiger partial charge in [0, 0.05) is 44.2 Å². The van der Waals surface area contributed by atoms with Gasteiger partial charge in [-0.25, -0.2) is 0 Å².